The Bertz CT molecular complexity index is 1460. The van der Waals surface area contributed by atoms with Gasteiger partial charge in [0.05, 0.1) is 11.5 Å². The predicted octanol–water partition coefficient (Wildman–Crippen LogP) is 5.37. The lowest BCUT2D eigenvalue weighted by Gasteiger charge is -2.41. The number of likely N-dealkylation sites (tertiary alicyclic amines) is 1. The van der Waals surface area contributed by atoms with Crippen molar-refractivity contribution in [3.8, 4) is 11.5 Å². The molecule has 1 atom stereocenters. The maximum Gasteiger partial charge on any atom is 0.257 e. The predicted molar refractivity (Wildman–Crippen MR) is 141 cm³/mol. The van der Waals surface area contributed by atoms with Crippen molar-refractivity contribution in [2.45, 2.75) is 38.1 Å². The summed E-state index contributed by atoms with van der Waals surface area (Å²) < 4.78 is 32.3. The third-order valence-corrected chi connectivity index (χ3v) is 7.36. The fraction of sp³-hybridized carbons (Fsp3) is 0.267. The number of carbonyl (C=O) groups excluding carboxylic acids is 2. The molecule has 39 heavy (non-hydrogen) atoms. The second-order valence-electron chi connectivity index (χ2n) is 9.85. The highest BCUT2D eigenvalue weighted by Gasteiger charge is 2.44. The highest BCUT2D eigenvalue weighted by Crippen LogP contribution is 2.37. The van der Waals surface area contributed by atoms with Crippen LogP contribution in [0.2, 0.25) is 0 Å². The van der Waals surface area contributed by atoms with E-state index in [9.17, 15) is 18.4 Å². The zero-order valence-electron chi connectivity index (χ0n) is 21.7. The second kappa shape index (κ2) is 10.8. The van der Waals surface area contributed by atoms with Crippen LogP contribution in [0, 0.1) is 18.6 Å². The molecule has 2 amide bonds. The van der Waals surface area contributed by atoms with Crippen LogP contribution < -0.4 is 5.32 Å². The molecule has 0 bridgehead atoms. The number of piperidine rings is 1. The zero-order valence-corrected chi connectivity index (χ0v) is 21.7. The molecule has 1 aliphatic rings. The monoisotopic (exact) mass is 530 g/mol. The fourth-order valence-electron chi connectivity index (χ4n) is 5.03. The average molecular weight is 531 g/mol. The molecule has 4 aromatic rings. The quantitative estimate of drug-likeness (QED) is 0.362. The lowest BCUT2D eigenvalue weighted by Crippen LogP contribution is -2.53. The summed E-state index contributed by atoms with van der Waals surface area (Å²) in [6.07, 6.45) is 0.734. The Morgan fingerprint density at radius 2 is 1.51 bits per heavy atom. The molecule has 2 heterocycles. The summed E-state index contributed by atoms with van der Waals surface area (Å²) in [5.74, 6) is -0.181. The van der Waals surface area contributed by atoms with Gasteiger partial charge in [-0.1, -0.05) is 29.4 Å². The number of nitrogens with zero attached hydrogens (tertiary/aromatic N) is 3. The lowest BCUT2D eigenvalue weighted by molar-refractivity contribution is -0.129. The van der Waals surface area contributed by atoms with Crippen LogP contribution in [0.1, 0.15) is 53.1 Å². The molecule has 200 valence electrons. The highest BCUT2D eigenvalue weighted by atomic mass is 19.1. The summed E-state index contributed by atoms with van der Waals surface area (Å²) in [6, 6.07) is 18.5. The van der Waals surface area contributed by atoms with Crippen LogP contribution >= 0.6 is 0 Å². The van der Waals surface area contributed by atoms with E-state index in [0.29, 0.717) is 54.3 Å². The van der Waals surface area contributed by atoms with E-state index < -0.39 is 5.41 Å². The SMILES string of the molecule is Cc1noc(-c2ccc(C(=O)N3CCC(C(=O)N[C@@H](C)c4ccc(F)cc4)(c4ccc(F)cc4)CC3)cc2)n1. The van der Waals surface area contributed by atoms with Gasteiger partial charge in [-0.05, 0) is 86.3 Å². The van der Waals surface area contributed by atoms with Gasteiger partial charge in [-0.2, -0.15) is 4.98 Å². The number of halogens is 2. The molecule has 1 saturated heterocycles. The third kappa shape index (κ3) is 5.43. The normalized spacial score (nSPS) is 15.5. The van der Waals surface area contributed by atoms with Gasteiger partial charge < -0.3 is 14.7 Å². The van der Waals surface area contributed by atoms with Crippen LogP contribution in [0.3, 0.4) is 0 Å². The maximum atomic E-state index is 13.8. The molecule has 5 rings (SSSR count). The summed E-state index contributed by atoms with van der Waals surface area (Å²) in [5.41, 5.74) is 1.75. The van der Waals surface area contributed by atoms with Crippen molar-refractivity contribution >= 4 is 11.8 Å². The van der Waals surface area contributed by atoms with Crippen LogP contribution in [-0.4, -0.2) is 39.9 Å². The molecular formula is C30H28F2N4O3. The number of aryl methyl sites for hydroxylation is 1. The van der Waals surface area contributed by atoms with Crippen LogP contribution in [0.5, 0.6) is 0 Å². The number of hydrogen-bond acceptors (Lipinski definition) is 5. The molecule has 0 spiro atoms. The van der Waals surface area contributed by atoms with E-state index in [-0.39, 0.29) is 29.5 Å². The third-order valence-electron chi connectivity index (χ3n) is 7.36. The van der Waals surface area contributed by atoms with Gasteiger partial charge >= 0.3 is 0 Å². The first kappa shape index (κ1) is 26.2. The number of rotatable bonds is 6. The summed E-state index contributed by atoms with van der Waals surface area (Å²) in [4.78, 5) is 33.0. The Labute approximate surface area is 224 Å². The fourth-order valence-corrected chi connectivity index (χ4v) is 5.03. The number of benzene rings is 3. The van der Waals surface area contributed by atoms with Gasteiger partial charge in [0.15, 0.2) is 5.82 Å². The Balaban J connectivity index is 1.33. The van der Waals surface area contributed by atoms with E-state index in [2.05, 4.69) is 15.5 Å². The molecule has 3 aromatic carbocycles. The van der Waals surface area contributed by atoms with Crippen molar-refractivity contribution in [3.63, 3.8) is 0 Å². The van der Waals surface area contributed by atoms with E-state index >= 15 is 0 Å². The number of carbonyl (C=O) groups is 2. The van der Waals surface area contributed by atoms with Crippen molar-refractivity contribution in [1.82, 2.24) is 20.4 Å². The molecule has 0 saturated carbocycles. The first-order chi connectivity index (χ1) is 18.7. The lowest BCUT2D eigenvalue weighted by atomic mass is 9.71. The Morgan fingerprint density at radius 3 is 2.08 bits per heavy atom. The summed E-state index contributed by atoms with van der Waals surface area (Å²) in [5, 5.41) is 6.85. The van der Waals surface area contributed by atoms with E-state index in [1.165, 1.54) is 24.3 Å². The van der Waals surface area contributed by atoms with E-state index in [1.807, 2.05) is 6.92 Å². The van der Waals surface area contributed by atoms with Crippen LogP contribution in [-0.2, 0) is 10.2 Å². The Hall–Kier alpha value is -4.40. The maximum absolute atomic E-state index is 13.8. The summed E-state index contributed by atoms with van der Waals surface area (Å²) in [6.45, 7) is 4.26. The molecule has 1 aliphatic heterocycles. The van der Waals surface area contributed by atoms with Crippen molar-refractivity contribution in [2.75, 3.05) is 13.1 Å². The van der Waals surface area contributed by atoms with Crippen molar-refractivity contribution < 1.29 is 22.9 Å². The molecule has 1 aromatic heterocycles. The minimum absolute atomic E-state index is 0.143. The van der Waals surface area contributed by atoms with Crippen molar-refractivity contribution in [3.05, 3.63) is 107 Å². The molecule has 0 radical (unpaired) electrons. The minimum Gasteiger partial charge on any atom is -0.349 e. The average Bonchev–Trinajstić information content (AvgIpc) is 3.39. The molecule has 0 unspecified atom stereocenters. The van der Waals surface area contributed by atoms with Crippen LogP contribution in [0.4, 0.5) is 8.78 Å². The zero-order chi connectivity index (χ0) is 27.6. The molecule has 9 heteroatoms. The first-order valence-corrected chi connectivity index (χ1v) is 12.8. The van der Waals surface area contributed by atoms with E-state index in [4.69, 9.17) is 4.52 Å². The number of aromatic nitrogens is 2. The Morgan fingerprint density at radius 1 is 0.923 bits per heavy atom. The topological polar surface area (TPSA) is 88.3 Å². The summed E-state index contributed by atoms with van der Waals surface area (Å²) >= 11 is 0. The molecule has 1 N–H and O–H groups in total. The number of hydrogen-bond donors (Lipinski definition) is 1. The first-order valence-electron chi connectivity index (χ1n) is 12.8. The van der Waals surface area contributed by atoms with Crippen LogP contribution in [0.15, 0.2) is 77.3 Å². The van der Waals surface area contributed by atoms with Gasteiger partial charge in [0.25, 0.3) is 11.8 Å². The Kier molecular flexibility index (Phi) is 7.24. The second-order valence-corrected chi connectivity index (χ2v) is 9.85. The van der Waals surface area contributed by atoms with Gasteiger partial charge in [0.2, 0.25) is 5.91 Å². The van der Waals surface area contributed by atoms with Crippen molar-refractivity contribution in [2.24, 2.45) is 0 Å². The molecule has 1 fully saturated rings. The van der Waals surface area contributed by atoms with Gasteiger partial charge in [0.1, 0.15) is 11.6 Å². The van der Waals surface area contributed by atoms with Gasteiger partial charge in [0, 0.05) is 24.2 Å². The van der Waals surface area contributed by atoms with E-state index in [0.717, 1.165) is 5.56 Å². The van der Waals surface area contributed by atoms with Crippen LogP contribution in [0.25, 0.3) is 11.5 Å². The molecule has 7 nitrogen and oxygen atoms in total. The van der Waals surface area contributed by atoms with Gasteiger partial charge in [-0.15, -0.1) is 0 Å². The molecule has 0 aliphatic carbocycles. The highest BCUT2D eigenvalue weighted by molar-refractivity contribution is 5.95. The van der Waals surface area contributed by atoms with Gasteiger partial charge in [-0.25, -0.2) is 8.78 Å². The number of amides is 2. The minimum atomic E-state index is -0.946. The van der Waals surface area contributed by atoms with E-state index in [1.54, 1.807) is 60.4 Å². The van der Waals surface area contributed by atoms with Gasteiger partial charge in [-0.3, -0.25) is 9.59 Å². The largest absolute Gasteiger partial charge is 0.349 e. The number of nitrogens with one attached hydrogen (secondary N) is 1. The summed E-state index contributed by atoms with van der Waals surface area (Å²) in [7, 11) is 0. The smallest absolute Gasteiger partial charge is 0.257 e. The molecular weight excluding hydrogens is 502 g/mol. The standard InChI is InChI=1S/C30H28F2N4O3/c1-19(21-7-11-25(31)12-8-21)33-29(38)30(24-9-13-26(32)14-10-24)15-17-36(18-16-30)28(37)23-5-3-22(4-6-23)27-34-20(2)35-39-27/h3-14,19H,15-18H2,1-2H3,(H,33,38)/t19-/m0/s1. The van der Waals surface area contributed by atoms with Crippen molar-refractivity contribution in [1.29, 1.82) is 0 Å².